The number of hydrogen-bond donors (Lipinski definition) is 1. The van der Waals surface area contributed by atoms with Gasteiger partial charge in [0.25, 0.3) is 0 Å². The molecule has 4 heteroatoms. The van der Waals surface area contributed by atoms with Crippen molar-refractivity contribution in [1.82, 2.24) is 0 Å². The van der Waals surface area contributed by atoms with Crippen molar-refractivity contribution in [2.45, 2.75) is 6.42 Å². The van der Waals surface area contributed by atoms with Crippen molar-refractivity contribution < 1.29 is 9.30 Å². The van der Waals surface area contributed by atoms with Crippen LogP contribution in [-0.4, -0.2) is 19.8 Å². The van der Waals surface area contributed by atoms with Crippen LogP contribution in [0, 0.1) is 12.3 Å². The predicted molar refractivity (Wildman–Crippen MR) is 66.1 cm³/mol. The maximum atomic E-state index is 11.6. The van der Waals surface area contributed by atoms with Crippen molar-refractivity contribution in [2.75, 3.05) is 25.1 Å². The van der Waals surface area contributed by atoms with Crippen LogP contribution in [-0.2, 0) is 11.0 Å². The van der Waals surface area contributed by atoms with Gasteiger partial charge < -0.3 is 10.1 Å². The number of anilines is 1. The van der Waals surface area contributed by atoms with E-state index in [4.69, 9.17) is 11.2 Å². The third-order valence-electron chi connectivity index (χ3n) is 2.55. The Morgan fingerprint density at radius 3 is 3.12 bits per heavy atom. The molecule has 0 saturated heterocycles. The largest absolute Gasteiger partial charge is 0.491 e. The van der Waals surface area contributed by atoms with Crippen molar-refractivity contribution in [3.63, 3.8) is 0 Å². The average Bonchev–Trinajstić information content (AvgIpc) is 2.74. The quantitative estimate of drug-likeness (QED) is 0.639. The Kier molecular flexibility index (Phi) is 3.12. The van der Waals surface area contributed by atoms with E-state index in [-0.39, 0.29) is 0 Å². The molecule has 1 aliphatic heterocycles. The summed E-state index contributed by atoms with van der Waals surface area (Å²) in [5, 5.41) is 4.00. The van der Waals surface area contributed by atoms with Crippen molar-refractivity contribution >= 4 is 18.8 Å². The molecule has 3 nitrogen and oxygen atoms in total. The Bertz CT molecular complexity index is 477. The molecule has 0 spiro atoms. The second kappa shape index (κ2) is 4.55. The third kappa shape index (κ3) is 1.89. The third-order valence-corrected chi connectivity index (χ3v) is 3.65. The highest BCUT2D eigenvalue weighted by Gasteiger charge is 2.27. The molecule has 82 valence electrons. The van der Waals surface area contributed by atoms with Crippen LogP contribution < -0.4 is 15.4 Å². The topological polar surface area (TPSA) is 38.3 Å². The maximum absolute atomic E-state index is 11.6. The van der Waals surface area contributed by atoms with E-state index in [9.17, 15) is 4.57 Å². The number of ether oxygens (including phenoxy) is 1. The van der Waals surface area contributed by atoms with Crippen LogP contribution in [0.15, 0.2) is 12.1 Å². The average molecular weight is 234 g/mol. The predicted octanol–water partition coefficient (Wildman–Crippen LogP) is 1.75. The first-order chi connectivity index (χ1) is 7.74. The highest BCUT2D eigenvalue weighted by molar-refractivity contribution is 7.52. The van der Waals surface area contributed by atoms with Gasteiger partial charge >= 0.3 is 7.80 Å². The summed E-state index contributed by atoms with van der Waals surface area (Å²) in [6, 6.07) is 3.78. The van der Waals surface area contributed by atoms with E-state index in [0.29, 0.717) is 13.2 Å². The van der Waals surface area contributed by atoms with Gasteiger partial charge in [-0.3, -0.25) is 0 Å². The van der Waals surface area contributed by atoms with Crippen LogP contribution in [0.3, 0.4) is 0 Å². The molecular weight excluding hydrogens is 221 g/mol. The van der Waals surface area contributed by atoms with Gasteiger partial charge in [0.15, 0.2) is 5.30 Å². The molecule has 1 atom stereocenters. The second-order valence-electron chi connectivity index (χ2n) is 3.59. The minimum Gasteiger partial charge on any atom is -0.491 e. The van der Waals surface area contributed by atoms with Crippen LogP contribution in [0.1, 0.15) is 5.56 Å². The highest BCUT2D eigenvalue weighted by Crippen LogP contribution is 2.35. The molecular formula is C12H13NO2P+. The van der Waals surface area contributed by atoms with E-state index in [1.165, 1.54) is 0 Å². The van der Waals surface area contributed by atoms with Crippen LogP contribution in [0.4, 0.5) is 5.69 Å². The molecule has 1 aromatic carbocycles. The lowest BCUT2D eigenvalue weighted by Crippen LogP contribution is -2.06. The summed E-state index contributed by atoms with van der Waals surface area (Å²) in [5.74, 6) is 3.34. The maximum Gasteiger partial charge on any atom is 0.374 e. The Hall–Kier alpha value is -1.52. The molecule has 0 fully saturated rings. The molecule has 2 rings (SSSR count). The monoisotopic (exact) mass is 234 g/mol. The molecule has 0 bridgehead atoms. The smallest absolute Gasteiger partial charge is 0.374 e. The van der Waals surface area contributed by atoms with Crippen molar-refractivity contribution in [3.8, 4) is 18.1 Å². The number of rotatable bonds is 3. The fourth-order valence-corrected chi connectivity index (χ4v) is 2.74. The molecule has 0 saturated carbocycles. The van der Waals surface area contributed by atoms with Gasteiger partial charge in [-0.25, -0.2) is 0 Å². The Labute approximate surface area is 96.0 Å². The van der Waals surface area contributed by atoms with Gasteiger partial charge in [-0.05, 0) is 12.1 Å². The summed E-state index contributed by atoms with van der Waals surface area (Å²) in [6.07, 6.45) is 6.02. The van der Waals surface area contributed by atoms with Gasteiger partial charge in [0, 0.05) is 6.42 Å². The molecule has 1 aromatic rings. The number of nitrogens with one attached hydrogen (secondary N) is 1. The molecule has 0 aliphatic carbocycles. The van der Waals surface area contributed by atoms with Gasteiger partial charge in [0.1, 0.15) is 12.4 Å². The van der Waals surface area contributed by atoms with E-state index in [0.717, 1.165) is 28.7 Å². The van der Waals surface area contributed by atoms with Crippen molar-refractivity contribution in [2.24, 2.45) is 0 Å². The SMILES string of the molecule is C#CCNc1ccc([P+](C)=O)c2c1OCC2. The zero-order chi connectivity index (χ0) is 11.5. The van der Waals surface area contributed by atoms with Crippen LogP contribution in [0.5, 0.6) is 5.75 Å². The normalized spacial score (nSPS) is 13.6. The molecule has 0 aromatic heterocycles. The number of hydrogen-bond acceptors (Lipinski definition) is 3. The summed E-state index contributed by atoms with van der Waals surface area (Å²) in [5.41, 5.74) is 1.96. The standard InChI is InChI=1S/C12H13NO2P/c1-3-7-13-10-4-5-11(16(2)14)9-6-8-15-12(9)10/h1,4-5,13H,6-8H2,2H3/q+1. The number of fused-ring (bicyclic) bond motifs is 1. The van der Waals surface area contributed by atoms with Gasteiger partial charge in [-0.2, -0.15) is 0 Å². The summed E-state index contributed by atoms with van der Waals surface area (Å²) in [7, 11) is -1.32. The molecule has 0 amide bonds. The molecule has 1 unspecified atom stereocenters. The van der Waals surface area contributed by atoms with E-state index in [1.807, 2.05) is 12.1 Å². The first-order valence-electron chi connectivity index (χ1n) is 5.11. The Balaban J connectivity index is 2.41. The molecule has 16 heavy (non-hydrogen) atoms. The fourth-order valence-electron chi connectivity index (χ4n) is 1.86. The molecule has 1 aliphatic rings. The van der Waals surface area contributed by atoms with Gasteiger partial charge in [-0.1, -0.05) is 10.5 Å². The first-order valence-corrected chi connectivity index (χ1v) is 6.81. The van der Waals surface area contributed by atoms with Crippen molar-refractivity contribution in [3.05, 3.63) is 17.7 Å². The minimum atomic E-state index is -1.32. The first kappa shape index (κ1) is 11.0. The highest BCUT2D eigenvalue weighted by atomic mass is 31.1. The lowest BCUT2D eigenvalue weighted by molar-refractivity contribution is 0.358. The van der Waals surface area contributed by atoms with Crippen LogP contribution in [0.25, 0.3) is 0 Å². The lowest BCUT2D eigenvalue weighted by atomic mass is 10.1. The molecule has 1 heterocycles. The second-order valence-corrected chi connectivity index (χ2v) is 5.07. The number of terminal acetylenes is 1. The zero-order valence-corrected chi connectivity index (χ0v) is 10.0. The lowest BCUT2D eigenvalue weighted by Gasteiger charge is -2.08. The van der Waals surface area contributed by atoms with Crippen molar-refractivity contribution in [1.29, 1.82) is 0 Å². The van der Waals surface area contributed by atoms with Crippen LogP contribution in [0.2, 0.25) is 0 Å². The zero-order valence-electron chi connectivity index (χ0n) is 9.12. The molecule has 0 radical (unpaired) electrons. The molecule has 1 N–H and O–H groups in total. The van der Waals surface area contributed by atoms with Crippen LogP contribution >= 0.6 is 7.80 Å². The number of benzene rings is 1. The minimum absolute atomic E-state index is 0.466. The van der Waals surface area contributed by atoms with Gasteiger partial charge in [0.05, 0.1) is 24.4 Å². The van der Waals surface area contributed by atoms with E-state index >= 15 is 0 Å². The van der Waals surface area contributed by atoms with Gasteiger partial charge in [-0.15, -0.1) is 6.42 Å². The summed E-state index contributed by atoms with van der Waals surface area (Å²) in [4.78, 5) is 0. The van der Waals surface area contributed by atoms with E-state index in [2.05, 4.69) is 11.2 Å². The Morgan fingerprint density at radius 1 is 1.62 bits per heavy atom. The fraction of sp³-hybridized carbons (Fsp3) is 0.333. The summed E-state index contributed by atoms with van der Waals surface area (Å²) >= 11 is 0. The Morgan fingerprint density at radius 2 is 2.44 bits per heavy atom. The van der Waals surface area contributed by atoms with E-state index in [1.54, 1.807) is 6.66 Å². The van der Waals surface area contributed by atoms with Gasteiger partial charge in [0.2, 0.25) is 0 Å². The summed E-state index contributed by atoms with van der Waals surface area (Å²) < 4.78 is 17.1. The summed E-state index contributed by atoms with van der Waals surface area (Å²) in [6.45, 7) is 2.84. The van der Waals surface area contributed by atoms with E-state index < -0.39 is 7.80 Å².